The Morgan fingerprint density at radius 3 is 2.36 bits per heavy atom. The standard InChI is InChI=1S/C26H30N6O3S/c1-18(13-15-35-3)36(33,34)22-10-8-21(9-11-22)24-17-29-25(27)26(30-24)32-14-12-23(31-32)20-6-4-19(5-7-20)16-28-2/h4-12,14,17-18,28H,13,15-16H2,1-3H3,(H2,27,29). The van der Waals surface area contributed by atoms with Crippen molar-refractivity contribution in [2.45, 2.75) is 30.0 Å². The first kappa shape index (κ1) is 25.5. The van der Waals surface area contributed by atoms with Crippen molar-refractivity contribution in [3.63, 3.8) is 0 Å². The summed E-state index contributed by atoms with van der Waals surface area (Å²) in [6.07, 6.45) is 3.78. The highest BCUT2D eigenvalue weighted by molar-refractivity contribution is 7.92. The largest absolute Gasteiger partial charge is 0.385 e. The molecule has 4 aromatic rings. The van der Waals surface area contributed by atoms with Gasteiger partial charge in [-0.1, -0.05) is 36.4 Å². The van der Waals surface area contributed by atoms with E-state index < -0.39 is 15.1 Å². The third-order valence-corrected chi connectivity index (χ3v) is 8.18. The Morgan fingerprint density at radius 1 is 1.03 bits per heavy atom. The molecule has 0 spiro atoms. The lowest BCUT2D eigenvalue weighted by Gasteiger charge is -2.13. The number of nitrogen functional groups attached to an aromatic ring is 1. The maximum atomic E-state index is 12.8. The predicted octanol–water partition coefficient (Wildman–Crippen LogP) is 3.50. The molecule has 0 aliphatic rings. The number of rotatable bonds is 10. The number of ether oxygens (including phenoxy) is 1. The first-order valence-corrected chi connectivity index (χ1v) is 13.1. The van der Waals surface area contributed by atoms with E-state index in [1.165, 1.54) is 5.56 Å². The molecule has 36 heavy (non-hydrogen) atoms. The van der Waals surface area contributed by atoms with Gasteiger partial charge in [0.1, 0.15) is 0 Å². The van der Waals surface area contributed by atoms with Gasteiger partial charge in [0.2, 0.25) is 0 Å². The molecule has 2 aromatic carbocycles. The topological polar surface area (TPSA) is 125 Å². The van der Waals surface area contributed by atoms with Crippen LogP contribution in [0.3, 0.4) is 0 Å². The fourth-order valence-electron chi connectivity index (χ4n) is 3.78. The number of hydrogen-bond acceptors (Lipinski definition) is 8. The molecule has 0 aliphatic heterocycles. The quantitative estimate of drug-likeness (QED) is 0.335. The van der Waals surface area contributed by atoms with Crippen LogP contribution in [0.15, 0.2) is 71.9 Å². The summed E-state index contributed by atoms with van der Waals surface area (Å²) in [4.78, 5) is 9.22. The minimum absolute atomic E-state index is 0.240. The van der Waals surface area contributed by atoms with E-state index >= 15 is 0 Å². The molecule has 0 amide bonds. The summed E-state index contributed by atoms with van der Waals surface area (Å²) in [5.41, 5.74) is 10.4. The SMILES string of the molecule is CNCc1ccc(-c2ccn(-c3nc(-c4ccc(S(=O)(=O)C(C)CCOC)cc4)cnc3N)n2)cc1. The van der Waals surface area contributed by atoms with Crippen molar-refractivity contribution >= 4 is 15.7 Å². The third kappa shape index (κ3) is 5.46. The number of nitrogens with zero attached hydrogens (tertiary/aromatic N) is 4. The van der Waals surface area contributed by atoms with Crippen molar-refractivity contribution in [3.05, 3.63) is 72.6 Å². The maximum Gasteiger partial charge on any atom is 0.196 e. The van der Waals surface area contributed by atoms with Gasteiger partial charge in [0.15, 0.2) is 21.5 Å². The zero-order valence-corrected chi connectivity index (χ0v) is 21.4. The average molecular weight is 507 g/mol. The number of aromatic nitrogens is 4. The fraction of sp³-hybridized carbons (Fsp3) is 0.269. The molecular weight excluding hydrogens is 476 g/mol. The van der Waals surface area contributed by atoms with Crippen LogP contribution in [0, 0.1) is 0 Å². The molecule has 2 heterocycles. The number of benzene rings is 2. The van der Waals surface area contributed by atoms with Crippen LogP contribution in [0.5, 0.6) is 0 Å². The smallest absolute Gasteiger partial charge is 0.196 e. The van der Waals surface area contributed by atoms with Gasteiger partial charge < -0.3 is 15.8 Å². The van der Waals surface area contributed by atoms with E-state index in [-0.39, 0.29) is 10.7 Å². The van der Waals surface area contributed by atoms with Gasteiger partial charge in [-0.3, -0.25) is 0 Å². The van der Waals surface area contributed by atoms with Crippen LogP contribution in [0.4, 0.5) is 5.82 Å². The molecular formula is C26H30N6O3S. The molecule has 188 valence electrons. The van der Waals surface area contributed by atoms with E-state index in [4.69, 9.17) is 10.5 Å². The van der Waals surface area contributed by atoms with E-state index in [1.54, 1.807) is 55.4 Å². The molecule has 1 atom stereocenters. The highest BCUT2D eigenvalue weighted by atomic mass is 32.2. The Bertz CT molecular complexity index is 1420. The summed E-state index contributed by atoms with van der Waals surface area (Å²) in [7, 11) is 0.0198. The normalized spacial score (nSPS) is 12.5. The van der Waals surface area contributed by atoms with E-state index in [2.05, 4.69) is 32.5 Å². The lowest BCUT2D eigenvalue weighted by molar-refractivity contribution is 0.194. The van der Waals surface area contributed by atoms with E-state index in [9.17, 15) is 8.42 Å². The van der Waals surface area contributed by atoms with Gasteiger partial charge in [-0.15, -0.1) is 0 Å². The van der Waals surface area contributed by atoms with Crippen LogP contribution in [0.25, 0.3) is 28.3 Å². The number of hydrogen-bond donors (Lipinski definition) is 2. The number of methoxy groups -OCH3 is 1. The first-order valence-electron chi connectivity index (χ1n) is 11.6. The zero-order chi connectivity index (χ0) is 25.7. The van der Waals surface area contributed by atoms with Crippen molar-refractivity contribution in [2.24, 2.45) is 0 Å². The molecule has 3 N–H and O–H groups in total. The van der Waals surface area contributed by atoms with E-state index in [0.29, 0.717) is 24.5 Å². The van der Waals surface area contributed by atoms with E-state index in [0.717, 1.165) is 23.4 Å². The van der Waals surface area contributed by atoms with E-state index in [1.807, 2.05) is 25.2 Å². The molecule has 2 aromatic heterocycles. The summed E-state index contributed by atoms with van der Waals surface area (Å²) in [6, 6.07) is 16.7. The van der Waals surface area contributed by atoms with Crippen molar-refractivity contribution < 1.29 is 13.2 Å². The molecule has 0 aliphatic carbocycles. The molecule has 0 saturated carbocycles. The van der Waals surface area contributed by atoms with Gasteiger partial charge in [-0.2, -0.15) is 5.10 Å². The van der Waals surface area contributed by atoms with Crippen molar-refractivity contribution in [2.75, 3.05) is 26.5 Å². The Balaban J connectivity index is 1.58. The van der Waals surface area contributed by atoms with Crippen LogP contribution < -0.4 is 11.1 Å². The van der Waals surface area contributed by atoms with Crippen LogP contribution in [-0.2, 0) is 21.1 Å². The third-order valence-electron chi connectivity index (χ3n) is 5.95. The highest BCUT2D eigenvalue weighted by Gasteiger charge is 2.23. The molecule has 0 fully saturated rings. The second-order valence-corrected chi connectivity index (χ2v) is 10.9. The Labute approximate surface area is 211 Å². The molecule has 4 rings (SSSR count). The van der Waals surface area contributed by atoms with Gasteiger partial charge in [-0.25, -0.2) is 23.1 Å². The molecule has 10 heteroatoms. The van der Waals surface area contributed by atoms with Crippen LogP contribution in [-0.4, -0.2) is 54.2 Å². The Kier molecular flexibility index (Phi) is 7.78. The van der Waals surface area contributed by atoms with Crippen molar-refractivity contribution in [1.29, 1.82) is 0 Å². The molecule has 9 nitrogen and oxygen atoms in total. The molecule has 0 bridgehead atoms. The van der Waals surface area contributed by atoms with Crippen LogP contribution in [0.2, 0.25) is 0 Å². The number of nitrogens with two attached hydrogens (primary N) is 1. The predicted molar refractivity (Wildman–Crippen MR) is 140 cm³/mol. The molecule has 0 saturated heterocycles. The van der Waals surface area contributed by atoms with Gasteiger partial charge in [0.25, 0.3) is 0 Å². The Hall–Kier alpha value is -3.60. The second kappa shape index (κ2) is 11.0. The van der Waals surface area contributed by atoms with Crippen molar-refractivity contribution in [3.8, 4) is 28.3 Å². The lowest BCUT2D eigenvalue weighted by Crippen LogP contribution is -2.19. The summed E-state index contributed by atoms with van der Waals surface area (Å²) in [5, 5.41) is 7.23. The molecule has 0 radical (unpaired) electrons. The minimum atomic E-state index is -3.45. The van der Waals surface area contributed by atoms with Crippen LogP contribution >= 0.6 is 0 Å². The number of anilines is 1. The summed E-state index contributed by atoms with van der Waals surface area (Å²) in [5.74, 6) is 0.638. The summed E-state index contributed by atoms with van der Waals surface area (Å²) < 4.78 is 32.3. The average Bonchev–Trinajstić information content (AvgIpc) is 3.38. The second-order valence-electron chi connectivity index (χ2n) is 8.50. The van der Waals surface area contributed by atoms with Gasteiger partial charge in [0.05, 0.1) is 27.7 Å². The fourth-order valence-corrected chi connectivity index (χ4v) is 5.16. The minimum Gasteiger partial charge on any atom is -0.385 e. The van der Waals surface area contributed by atoms with Gasteiger partial charge in [-0.05, 0) is 44.2 Å². The first-order chi connectivity index (χ1) is 17.3. The van der Waals surface area contributed by atoms with Gasteiger partial charge >= 0.3 is 0 Å². The Morgan fingerprint density at radius 2 is 1.69 bits per heavy atom. The monoisotopic (exact) mass is 506 g/mol. The molecule has 1 unspecified atom stereocenters. The van der Waals surface area contributed by atoms with Crippen LogP contribution in [0.1, 0.15) is 18.9 Å². The highest BCUT2D eigenvalue weighted by Crippen LogP contribution is 2.25. The number of nitrogens with one attached hydrogen (secondary N) is 1. The summed E-state index contributed by atoms with van der Waals surface area (Å²) >= 11 is 0. The van der Waals surface area contributed by atoms with Gasteiger partial charge in [0, 0.05) is 37.6 Å². The zero-order valence-electron chi connectivity index (χ0n) is 20.5. The number of sulfone groups is 1. The maximum absolute atomic E-state index is 12.8. The lowest BCUT2D eigenvalue weighted by atomic mass is 10.1. The summed E-state index contributed by atoms with van der Waals surface area (Å²) in [6.45, 7) is 2.88. The van der Waals surface area contributed by atoms with Crippen molar-refractivity contribution in [1.82, 2.24) is 25.1 Å².